The van der Waals surface area contributed by atoms with Gasteiger partial charge >= 0.3 is 0 Å². The van der Waals surface area contributed by atoms with Gasteiger partial charge in [-0.1, -0.05) is 58.4 Å². The van der Waals surface area contributed by atoms with Crippen LogP contribution in [0.2, 0.25) is 0 Å². The van der Waals surface area contributed by atoms with Crippen LogP contribution in [0.25, 0.3) is 22.5 Å². The molecule has 0 aliphatic carbocycles. The molecule has 1 fully saturated rings. The molecular weight excluding hydrogens is 494 g/mol. The van der Waals surface area contributed by atoms with Crippen LogP contribution in [-0.2, 0) is 4.79 Å². The van der Waals surface area contributed by atoms with Crippen LogP contribution < -0.4 is 4.90 Å². The quantitative estimate of drug-likeness (QED) is 0.227. The Morgan fingerprint density at radius 3 is 2.30 bits per heavy atom. The number of fused-ring (bicyclic) bond motifs is 1. The molecule has 1 saturated heterocycles. The van der Waals surface area contributed by atoms with E-state index in [9.17, 15) is 4.79 Å². The van der Waals surface area contributed by atoms with Crippen molar-refractivity contribution in [1.29, 1.82) is 0 Å². The van der Waals surface area contributed by atoms with Crippen molar-refractivity contribution >= 4 is 61.7 Å². The van der Waals surface area contributed by atoms with Crippen LogP contribution in [-0.4, -0.2) is 27.5 Å². The van der Waals surface area contributed by atoms with Crippen LogP contribution in [0.4, 0.5) is 5.69 Å². The number of para-hydroxylation sites is 1. The van der Waals surface area contributed by atoms with Gasteiger partial charge < -0.3 is 9.47 Å². The molecule has 2 heterocycles. The molecule has 0 unspecified atom stereocenters. The van der Waals surface area contributed by atoms with Crippen molar-refractivity contribution in [1.82, 2.24) is 9.47 Å². The lowest BCUT2D eigenvalue weighted by atomic mass is 10.1. The van der Waals surface area contributed by atoms with Crippen molar-refractivity contribution in [2.24, 2.45) is 0 Å². The molecule has 1 aliphatic heterocycles. The van der Waals surface area contributed by atoms with Crippen molar-refractivity contribution in [3.63, 3.8) is 0 Å². The molecule has 5 rings (SSSR count). The first-order valence-electron chi connectivity index (χ1n) is 10.6. The third kappa shape index (κ3) is 3.50. The van der Waals surface area contributed by atoms with Gasteiger partial charge in [-0.2, -0.15) is 0 Å². The SMILES string of the molecule is Cc1cc(/C=C2/C(=O)N(c3ccccc3)C(=S)N2C)c(C)n1-c1ccc(Br)c2ccccc12. The van der Waals surface area contributed by atoms with E-state index in [0.717, 1.165) is 38.2 Å². The van der Waals surface area contributed by atoms with Crippen molar-refractivity contribution in [2.45, 2.75) is 13.8 Å². The maximum atomic E-state index is 13.3. The van der Waals surface area contributed by atoms with Gasteiger partial charge in [0.15, 0.2) is 5.11 Å². The first kappa shape index (κ1) is 21.6. The highest BCUT2D eigenvalue weighted by molar-refractivity contribution is 9.10. The number of amides is 1. The lowest BCUT2D eigenvalue weighted by molar-refractivity contribution is -0.114. The number of aryl methyl sites for hydroxylation is 1. The molecule has 3 aromatic carbocycles. The van der Waals surface area contributed by atoms with Crippen LogP contribution >= 0.6 is 28.1 Å². The molecule has 0 N–H and O–H groups in total. The number of hydrogen-bond acceptors (Lipinski definition) is 2. The van der Waals surface area contributed by atoms with Crippen molar-refractivity contribution < 1.29 is 4.79 Å². The van der Waals surface area contributed by atoms with Crippen LogP contribution in [0.15, 0.2) is 83.0 Å². The second-order valence-electron chi connectivity index (χ2n) is 8.12. The maximum Gasteiger partial charge on any atom is 0.281 e. The molecular formula is C27H22BrN3OS. The summed E-state index contributed by atoms with van der Waals surface area (Å²) in [5, 5.41) is 2.81. The van der Waals surface area contributed by atoms with Crippen molar-refractivity contribution in [3.05, 3.63) is 99.9 Å². The van der Waals surface area contributed by atoms with Gasteiger partial charge in [0.2, 0.25) is 0 Å². The summed E-state index contributed by atoms with van der Waals surface area (Å²) in [5.41, 5.74) is 5.60. The van der Waals surface area contributed by atoms with Gasteiger partial charge in [-0.15, -0.1) is 0 Å². The Morgan fingerprint density at radius 1 is 0.909 bits per heavy atom. The highest BCUT2D eigenvalue weighted by atomic mass is 79.9. The second kappa shape index (κ2) is 8.28. The smallest absolute Gasteiger partial charge is 0.281 e. The molecule has 1 aromatic heterocycles. The minimum Gasteiger partial charge on any atom is -0.317 e. The summed E-state index contributed by atoms with van der Waals surface area (Å²) in [5.74, 6) is -0.118. The zero-order valence-electron chi connectivity index (χ0n) is 18.5. The van der Waals surface area contributed by atoms with E-state index in [4.69, 9.17) is 12.2 Å². The summed E-state index contributed by atoms with van der Waals surface area (Å²) in [7, 11) is 1.84. The number of aromatic nitrogens is 1. The van der Waals surface area contributed by atoms with Gasteiger partial charge in [-0.25, -0.2) is 0 Å². The van der Waals surface area contributed by atoms with Crippen molar-refractivity contribution in [2.75, 3.05) is 11.9 Å². The summed E-state index contributed by atoms with van der Waals surface area (Å²) in [6.07, 6.45) is 1.94. The summed E-state index contributed by atoms with van der Waals surface area (Å²) in [4.78, 5) is 16.7. The van der Waals surface area contributed by atoms with Crippen molar-refractivity contribution in [3.8, 4) is 5.69 Å². The fourth-order valence-electron chi connectivity index (χ4n) is 4.45. The third-order valence-electron chi connectivity index (χ3n) is 6.13. The monoisotopic (exact) mass is 515 g/mol. The standard InChI is InChI=1S/C27H22BrN3OS/c1-17-15-19(16-25-26(32)31(27(33)29(25)3)20-9-5-4-6-10-20)18(2)30(17)24-14-13-23(28)21-11-7-8-12-22(21)24/h4-16H,1-3H3/b25-16-. The highest BCUT2D eigenvalue weighted by Gasteiger charge is 2.36. The minimum atomic E-state index is -0.118. The maximum absolute atomic E-state index is 13.3. The van der Waals surface area contributed by atoms with Crippen LogP contribution in [0.5, 0.6) is 0 Å². The number of rotatable bonds is 3. The molecule has 1 amide bonds. The van der Waals surface area contributed by atoms with E-state index in [-0.39, 0.29) is 5.91 Å². The van der Waals surface area contributed by atoms with Crippen LogP contribution in [0.3, 0.4) is 0 Å². The lowest BCUT2D eigenvalue weighted by Gasteiger charge is -2.16. The number of thiocarbonyl (C=S) groups is 1. The Kier molecular flexibility index (Phi) is 5.43. The number of halogens is 1. The molecule has 6 heteroatoms. The molecule has 4 nitrogen and oxygen atoms in total. The first-order chi connectivity index (χ1) is 15.9. The van der Waals surface area contributed by atoms with Gasteiger partial charge in [-0.05, 0) is 73.4 Å². The number of hydrogen-bond donors (Lipinski definition) is 0. The predicted octanol–water partition coefficient (Wildman–Crippen LogP) is 6.61. The van der Waals surface area contributed by atoms with Crippen LogP contribution in [0.1, 0.15) is 17.0 Å². The number of nitrogens with zero attached hydrogens (tertiary/aromatic N) is 3. The Bertz CT molecular complexity index is 1460. The Hall–Kier alpha value is -3.22. The number of likely N-dealkylation sites (N-methyl/N-ethyl adjacent to an activating group) is 1. The number of anilines is 1. The Morgan fingerprint density at radius 2 is 1.58 bits per heavy atom. The topological polar surface area (TPSA) is 28.5 Å². The summed E-state index contributed by atoms with van der Waals surface area (Å²) in [6, 6.07) is 24.2. The van der Waals surface area contributed by atoms with E-state index in [1.54, 1.807) is 9.80 Å². The molecule has 0 bridgehead atoms. The van der Waals surface area contributed by atoms with Gasteiger partial charge in [0.1, 0.15) is 5.70 Å². The molecule has 0 saturated carbocycles. The molecule has 0 radical (unpaired) electrons. The molecule has 1 aliphatic rings. The summed E-state index contributed by atoms with van der Waals surface area (Å²) < 4.78 is 3.31. The van der Waals surface area contributed by atoms with E-state index in [1.165, 1.54) is 5.39 Å². The van der Waals surface area contributed by atoms with E-state index in [0.29, 0.717) is 10.8 Å². The first-order valence-corrected chi connectivity index (χ1v) is 11.8. The van der Waals surface area contributed by atoms with Crippen LogP contribution in [0, 0.1) is 13.8 Å². The molecule has 0 spiro atoms. The number of carbonyl (C=O) groups is 1. The average Bonchev–Trinajstić information content (AvgIpc) is 3.21. The summed E-state index contributed by atoms with van der Waals surface area (Å²) >= 11 is 9.27. The van der Waals surface area contributed by atoms with E-state index < -0.39 is 0 Å². The van der Waals surface area contributed by atoms with Gasteiger partial charge in [0.25, 0.3) is 5.91 Å². The largest absolute Gasteiger partial charge is 0.317 e. The second-order valence-corrected chi connectivity index (χ2v) is 9.34. The molecule has 164 valence electrons. The fourth-order valence-corrected chi connectivity index (χ4v) is 5.22. The van der Waals surface area contributed by atoms with E-state index in [1.807, 2.05) is 49.5 Å². The van der Waals surface area contributed by atoms with Gasteiger partial charge in [0.05, 0.1) is 11.4 Å². The van der Waals surface area contributed by atoms with Gasteiger partial charge in [-0.3, -0.25) is 9.69 Å². The average molecular weight is 516 g/mol. The molecule has 4 aromatic rings. The fraction of sp³-hybridized carbons (Fsp3) is 0.111. The predicted molar refractivity (Wildman–Crippen MR) is 143 cm³/mol. The summed E-state index contributed by atoms with van der Waals surface area (Å²) in [6.45, 7) is 4.18. The zero-order valence-corrected chi connectivity index (χ0v) is 20.9. The molecule has 33 heavy (non-hydrogen) atoms. The highest BCUT2D eigenvalue weighted by Crippen LogP contribution is 2.33. The zero-order chi connectivity index (χ0) is 23.3. The van der Waals surface area contributed by atoms with E-state index >= 15 is 0 Å². The Balaban J connectivity index is 1.61. The Labute approximate surface area is 206 Å². The minimum absolute atomic E-state index is 0.118. The lowest BCUT2D eigenvalue weighted by Crippen LogP contribution is -2.30. The molecule has 0 atom stereocenters. The third-order valence-corrected chi connectivity index (χ3v) is 7.28. The number of carbonyl (C=O) groups excluding carboxylic acids is 1. The number of benzene rings is 3. The van der Waals surface area contributed by atoms with E-state index in [2.05, 4.69) is 70.7 Å². The van der Waals surface area contributed by atoms with Gasteiger partial charge in [0, 0.05) is 28.3 Å². The normalized spacial score (nSPS) is 15.3.